The maximum absolute atomic E-state index is 13.2. The SMILES string of the molecule is CCCC(NC(=O)Cc1cc(F)cc(F)c1)C(=O)Nc1nc(C(F)(F)F)c(CO)o1. The van der Waals surface area contributed by atoms with E-state index in [2.05, 4.69) is 10.3 Å². The number of hydrogen-bond donors (Lipinski definition) is 3. The minimum atomic E-state index is -4.90. The molecule has 1 unspecified atom stereocenters. The van der Waals surface area contributed by atoms with Gasteiger partial charge in [0.2, 0.25) is 5.91 Å². The lowest BCUT2D eigenvalue weighted by Crippen LogP contribution is -2.44. The summed E-state index contributed by atoms with van der Waals surface area (Å²) < 4.78 is 69.7. The Morgan fingerprint density at radius 2 is 1.83 bits per heavy atom. The van der Waals surface area contributed by atoms with E-state index in [1.54, 1.807) is 6.92 Å². The van der Waals surface area contributed by atoms with Crippen LogP contribution in [0.3, 0.4) is 0 Å². The van der Waals surface area contributed by atoms with E-state index < -0.39 is 66.2 Å². The van der Waals surface area contributed by atoms with E-state index in [9.17, 15) is 31.5 Å². The van der Waals surface area contributed by atoms with E-state index in [1.165, 1.54) is 0 Å². The number of benzene rings is 1. The summed E-state index contributed by atoms with van der Waals surface area (Å²) in [5.41, 5.74) is -1.44. The van der Waals surface area contributed by atoms with E-state index >= 15 is 0 Å². The molecule has 12 heteroatoms. The highest BCUT2D eigenvalue weighted by Gasteiger charge is 2.39. The van der Waals surface area contributed by atoms with Crippen molar-refractivity contribution in [3.63, 3.8) is 0 Å². The van der Waals surface area contributed by atoms with E-state index in [4.69, 9.17) is 9.52 Å². The van der Waals surface area contributed by atoms with Gasteiger partial charge in [0.1, 0.15) is 24.3 Å². The number of aromatic nitrogens is 1. The number of anilines is 1. The van der Waals surface area contributed by atoms with Crippen molar-refractivity contribution in [2.24, 2.45) is 0 Å². The van der Waals surface area contributed by atoms with Crippen molar-refractivity contribution in [1.29, 1.82) is 0 Å². The number of carbonyl (C=O) groups is 2. The molecule has 164 valence electrons. The van der Waals surface area contributed by atoms with Crippen LogP contribution in [0, 0.1) is 11.6 Å². The largest absolute Gasteiger partial charge is 0.437 e. The summed E-state index contributed by atoms with van der Waals surface area (Å²) in [4.78, 5) is 27.6. The fraction of sp³-hybridized carbons (Fsp3) is 0.389. The summed E-state index contributed by atoms with van der Waals surface area (Å²) in [6.45, 7) is 0.613. The van der Waals surface area contributed by atoms with Crippen molar-refractivity contribution in [3.05, 3.63) is 46.9 Å². The zero-order valence-electron chi connectivity index (χ0n) is 15.6. The fourth-order valence-electron chi connectivity index (χ4n) is 2.63. The topological polar surface area (TPSA) is 104 Å². The monoisotopic (exact) mass is 435 g/mol. The van der Waals surface area contributed by atoms with Gasteiger partial charge in [-0.2, -0.15) is 18.2 Å². The Labute approximate surface area is 167 Å². The fourth-order valence-corrected chi connectivity index (χ4v) is 2.63. The number of rotatable bonds is 8. The number of oxazole rings is 1. The molecule has 0 saturated carbocycles. The summed E-state index contributed by atoms with van der Waals surface area (Å²) in [6, 6.07) is 0.596. The van der Waals surface area contributed by atoms with Gasteiger partial charge in [-0.1, -0.05) is 13.3 Å². The molecule has 0 fully saturated rings. The number of halogens is 5. The van der Waals surface area contributed by atoms with Crippen LogP contribution in [-0.4, -0.2) is 27.9 Å². The number of nitrogens with one attached hydrogen (secondary N) is 2. The number of amides is 2. The van der Waals surface area contributed by atoms with Crippen LogP contribution in [0.15, 0.2) is 22.6 Å². The van der Waals surface area contributed by atoms with Crippen molar-refractivity contribution in [2.45, 2.75) is 45.0 Å². The second-order valence-electron chi connectivity index (χ2n) is 6.30. The van der Waals surface area contributed by atoms with Crippen molar-refractivity contribution in [1.82, 2.24) is 10.3 Å². The molecule has 1 heterocycles. The first kappa shape index (κ1) is 23.3. The molecule has 7 nitrogen and oxygen atoms in total. The molecule has 1 aromatic heterocycles. The molecule has 0 aliphatic rings. The average molecular weight is 435 g/mol. The Bertz CT molecular complexity index is 893. The van der Waals surface area contributed by atoms with Crippen molar-refractivity contribution >= 4 is 17.8 Å². The normalized spacial score (nSPS) is 12.5. The summed E-state index contributed by atoms with van der Waals surface area (Å²) >= 11 is 0. The first-order valence-corrected chi connectivity index (χ1v) is 8.76. The number of aliphatic hydroxyl groups excluding tert-OH is 1. The average Bonchev–Trinajstić information content (AvgIpc) is 3.03. The molecule has 2 amide bonds. The number of hydrogen-bond acceptors (Lipinski definition) is 5. The summed E-state index contributed by atoms with van der Waals surface area (Å²) in [7, 11) is 0. The Morgan fingerprint density at radius 3 is 2.33 bits per heavy atom. The number of alkyl halides is 3. The lowest BCUT2D eigenvalue weighted by molar-refractivity contribution is -0.142. The highest BCUT2D eigenvalue weighted by atomic mass is 19.4. The van der Waals surface area contributed by atoms with Crippen molar-refractivity contribution in [2.75, 3.05) is 5.32 Å². The Kier molecular flexibility index (Phi) is 7.48. The van der Waals surface area contributed by atoms with Gasteiger partial charge in [0.25, 0.3) is 5.91 Å². The Hall–Kier alpha value is -3.02. The molecule has 30 heavy (non-hydrogen) atoms. The molecule has 3 N–H and O–H groups in total. The molecule has 0 saturated heterocycles. The van der Waals surface area contributed by atoms with E-state index in [0.717, 1.165) is 12.1 Å². The van der Waals surface area contributed by atoms with E-state index in [1.807, 2.05) is 5.32 Å². The minimum Gasteiger partial charge on any atom is -0.425 e. The molecule has 2 rings (SSSR count). The quantitative estimate of drug-likeness (QED) is 0.553. The molecule has 1 atom stereocenters. The first-order chi connectivity index (χ1) is 14.0. The molecule has 0 aliphatic carbocycles. The molecular weight excluding hydrogens is 417 g/mol. The number of nitrogens with zero attached hydrogens (tertiary/aromatic N) is 1. The zero-order valence-corrected chi connectivity index (χ0v) is 15.6. The van der Waals surface area contributed by atoms with E-state index in [0.29, 0.717) is 12.5 Å². The van der Waals surface area contributed by atoms with Gasteiger partial charge in [0.15, 0.2) is 11.5 Å². The molecule has 0 spiro atoms. The van der Waals surface area contributed by atoms with Gasteiger partial charge in [-0.05, 0) is 24.1 Å². The summed E-state index contributed by atoms with van der Waals surface area (Å²) in [5, 5.41) is 13.3. The Morgan fingerprint density at radius 1 is 1.20 bits per heavy atom. The van der Waals surface area contributed by atoms with Crippen LogP contribution in [0.1, 0.15) is 36.8 Å². The smallest absolute Gasteiger partial charge is 0.425 e. The van der Waals surface area contributed by atoms with E-state index in [-0.39, 0.29) is 12.0 Å². The van der Waals surface area contributed by atoms with Gasteiger partial charge in [-0.3, -0.25) is 14.9 Å². The lowest BCUT2D eigenvalue weighted by Gasteiger charge is -2.17. The third-order valence-electron chi connectivity index (χ3n) is 3.86. The van der Waals surface area contributed by atoms with Crippen LogP contribution in [0.5, 0.6) is 0 Å². The second-order valence-corrected chi connectivity index (χ2v) is 6.30. The van der Waals surface area contributed by atoms with Crippen LogP contribution in [0.25, 0.3) is 0 Å². The molecule has 1 aromatic carbocycles. The lowest BCUT2D eigenvalue weighted by atomic mass is 10.1. The highest BCUT2D eigenvalue weighted by molar-refractivity contribution is 5.96. The van der Waals surface area contributed by atoms with Gasteiger partial charge >= 0.3 is 12.2 Å². The third kappa shape index (κ3) is 6.24. The van der Waals surface area contributed by atoms with Crippen LogP contribution >= 0.6 is 0 Å². The van der Waals surface area contributed by atoms with Crippen LogP contribution < -0.4 is 10.6 Å². The zero-order chi connectivity index (χ0) is 22.5. The van der Waals surface area contributed by atoms with Gasteiger partial charge in [-0.25, -0.2) is 8.78 Å². The molecular formula is C18H18F5N3O4. The highest BCUT2D eigenvalue weighted by Crippen LogP contribution is 2.33. The maximum Gasteiger partial charge on any atom is 0.437 e. The van der Waals surface area contributed by atoms with Crippen LogP contribution in [0.4, 0.5) is 28.0 Å². The first-order valence-electron chi connectivity index (χ1n) is 8.76. The van der Waals surface area contributed by atoms with Crippen LogP contribution in [-0.2, 0) is 28.8 Å². The second kappa shape index (κ2) is 9.65. The third-order valence-corrected chi connectivity index (χ3v) is 3.86. The molecule has 0 aliphatic heterocycles. The number of carbonyl (C=O) groups excluding carboxylic acids is 2. The predicted molar refractivity (Wildman–Crippen MR) is 93.0 cm³/mol. The van der Waals surface area contributed by atoms with Crippen LogP contribution in [0.2, 0.25) is 0 Å². The standard InChI is InChI=1S/C18H18F5N3O4/c1-2-3-12(24-14(28)6-9-4-10(19)7-11(20)5-9)16(29)26-17-25-15(18(21,22)23)13(8-27)30-17/h4-5,7,12,27H,2-3,6,8H2,1H3,(H,24,28)(H,25,26,29). The predicted octanol–water partition coefficient (Wildman–Crippen LogP) is 2.93. The molecule has 2 aromatic rings. The van der Waals surface area contributed by atoms with Crippen molar-refractivity contribution < 1.29 is 41.1 Å². The summed E-state index contributed by atoms with van der Waals surface area (Å²) in [5.74, 6) is -4.25. The van der Waals surface area contributed by atoms with Crippen molar-refractivity contribution in [3.8, 4) is 0 Å². The summed E-state index contributed by atoms with van der Waals surface area (Å²) in [6.07, 6.45) is -4.78. The van der Waals surface area contributed by atoms with Gasteiger partial charge in [0.05, 0.1) is 6.42 Å². The Balaban J connectivity index is 2.09. The van der Waals surface area contributed by atoms with Gasteiger partial charge < -0.3 is 14.8 Å². The molecule has 0 radical (unpaired) electrons. The maximum atomic E-state index is 13.2. The number of aliphatic hydroxyl groups is 1. The van der Waals surface area contributed by atoms with Gasteiger partial charge in [0, 0.05) is 6.07 Å². The molecule has 0 bridgehead atoms. The minimum absolute atomic E-state index is 0.0377. The van der Waals surface area contributed by atoms with Gasteiger partial charge in [-0.15, -0.1) is 0 Å².